The Labute approximate surface area is 231 Å². The quantitative estimate of drug-likeness (QED) is 0.465. The Morgan fingerprint density at radius 1 is 1.03 bits per heavy atom. The molecule has 0 spiro atoms. The van der Waals surface area contributed by atoms with Crippen LogP contribution >= 0.6 is 23.2 Å². The number of benzene rings is 2. The molecular formula is C27H29Cl2FN6O2. The molecule has 11 heteroatoms. The molecule has 3 aromatic rings. The van der Waals surface area contributed by atoms with Crippen molar-refractivity contribution in [2.75, 3.05) is 68.6 Å². The van der Waals surface area contributed by atoms with Crippen molar-refractivity contribution < 1.29 is 13.9 Å². The predicted octanol–water partition coefficient (Wildman–Crippen LogP) is 4.82. The summed E-state index contributed by atoms with van der Waals surface area (Å²) in [4.78, 5) is 28.4. The number of hydrogen-bond donors (Lipinski definition) is 1. The van der Waals surface area contributed by atoms with Gasteiger partial charge in [0.15, 0.2) is 0 Å². The molecule has 38 heavy (non-hydrogen) atoms. The Hall–Kier alpha value is -2.98. The van der Waals surface area contributed by atoms with Crippen LogP contribution in [0.3, 0.4) is 0 Å². The van der Waals surface area contributed by atoms with Gasteiger partial charge in [-0.2, -0.15) is 0 Å². The number of rotatable bonds is 6. The zero-order chi connectivity index (χ0) is 26.8. The topological polar surface area (TPSA) is 73.8 Å². The molecule has 1 amide bonds. The lowest BCUT2D eigenvalue weighted by molar-refractivity contribution is 0.102. The van der Waals surface area contributed by atoms with Crippen LogP contribution in [-0.4, -0.2) is 80.3 Å². The van der Waals surface area contributed by atoms with Crippen molar-refractivity contribution in [3.8, 4) is 11.1 Å². The number of ether oxygens (including phenoxy) is 1. The molecule has 3 heterocycles. The highest BCUT2D eigenvalue weighted by Crippen LogP contribution is 2.36. The number of carbonyl (C=O) groups is 1. The van der Waals surface area contributed by atoms with E-state index in [4.69, 9.17) is 27.9 Å². The monoisotopic (exact) mass is 558 g/mol. The van der Waals surface area contributed by atoms with Gasteiger partial charge in [-0.1, -0.05) is 23.2 Å². The van der Waals surface area contributed by atoms with Gasteiger partial charge in [0, 0.05) is 71.4 Å². The molecule has 1 N–H and O–H groups in total. The summed E-state index contributed by atoms with van der Waals surface area (Å²) < 4.78 is 21.0. The first-order valence-electron chi connectivity index (χ1n) is 12.5. The van der Waals surface area contributed by atoms with Crippen LogP contribution in [-0.2, 0) is 4.74 Å². The normalized spacial score (nSPS) is 17.8. The van der Waals surface area contributed by atoms with Crippen LogP contribution in [0.15, 0.2) is 42.7 Å². The molecule has 200 valence electrons. The maximum atomic E-state index is 15.6. The maximum absolute atomic E-state index is 15.6. The standard InChI is InChI=1S/C27H29Cl2FN6O2/c1-34(2)21-3-4-36(16-21)25-13-23(30)22(18-14-31-27(32-15-18)35-5-7-38-8-6-35)12-24(25)33-26(37)17-9-19(28)11-20(29)10-17/h9-15,21H,3-8,16H2,1-2H3,(H,33,37). The van der Waals surface area contributed by atoms with Crippen LogP contribution in [0.2, 0.25) is 10.0 Å². The number of aromatic nitrogens is 2. The average Bonchev–Trinajstić information content (AvgIpc) is 3.40. The van der Waals surface area contributed by atoms with E-state index in [0.29, 0.717) is 76.4 Å². The number of amides is 1. The first-order valence-corrected chi connectivity index (χ1v) is 13.2. The molecule has 0 bridgehead atoms. The van der Waals surface area contributed by atoms with E-state index >= 15 is 4.39 Å². The second-order valence-corrected chi connectivity index (χ2v) is 10.6. The van der Waals surface area contributed by atoms with Crippen molar-refractivity contribution in [3.63, 3.8) is 0 Å². The minimum atomic E-state index is -0.417. The van der Waals surface area contributed by atoms with Gasteiger partial charge < -0.3 is 24.8 Å². The molecule has 2 aromatic carbocycles. The van der Waals surface area contributed by atoms with Crippen molar-refractivity contribution in [1.82, 2.24) is 14.9 Å². The summed E-state index contributed by atoms with van der Waals surface area (Å²) in [5.41, 5.74) is 2.22. The van der Waals surface area contributed by atoms with Gasteiger partial charge in [0.05, 0.1) is 24.6 Å². The van der Waals surface area contributed by atoms with E-state index in [9.17, 15) is 4.79 Å². The Morgan fingerprint density at radius 3 is 2.34 bits per heavy atom. The largest absolute Gasteiger partial charge is 0.378 e. The van der Waals surface area contributed by atoms with Gasteiger partial charge in [-0.05, 0) is 50.8 Å². The van der Waals surface area contributed by atoms with Gasteiger partial charge in [0.2, 0.25) is 5.95 Å². The first kappa shape index (κ1) is 26.6. The van der Waals surface area contributed by atoms with Gasteiger partial charge in [-0.3, -0.25) is 4.79 Å². The zero-order valence-electron chi connectivity index (χ0n) is 21.3. The van der Waals surface area contributed by atoms with E-state index in [1.807, 2.05) is 19.0 Å². The molecule has 2 fully saturated rings. The van der Waals surface area contributed by atoms with E-state index in [0.717, 1.165) is 19.5 Å². The Morgan fingerprint density at radius 2 is 1.71 bits per heavy atom. The van der Waals surface area contributed by atoms with Crippen molar-refractivity contribution in [1.29, 1.82) is 0 Å². The van der Waals surface area contributed by atoms with E-state index in [-0.39, 0.29) is 0 Å². The molecule has 0 aliphatic carbocycles. The van der Waals surface area contributed by atoms with Crippen molar-refractivity contribution in [2.24, 2.45) is 0 Å². The second-order valence-electron chi connectivity index (χ2n) is 9.68. The lowest BCUT2D eigenvalue weighted by Gasteiger charge is -2.26. The Bertz CT molecular complexity index is 1300. The van der Waals surface area contributed by atoms with Crippen LogP contribution in [0.4, 0.5) is 21.7 Å². The summed E-state index contributed by atoms with van der Waals surface area (Å²) in [6.07, 6.45) is 4.15. The van der Waals surface area contributed by atoms with Crippen molar-refractivity contribution in [2.45, 2.75) is 12.5 Å². The molecule has 8 nitrogen and oxygen atoms in total. The van der Waals surface area contributed by atoms with E-state index < -0.39 is 11.7 Å². The van der Waals surface area contributed by atoms with Crippen LogP contribution in [0, 0.1) is 5.82 Å². The number of carbonyl (C=O) groups excluding carboxylic acids is 1. The van der Waals surface area contributed by atoms with Gasteiger partial charge in [0.1, 0.15) is 5.82 Å². The van der Waals surface area contributed by atoms with Crippen LogP contribution in [0.1, 0.15) is 16.8 Å². The number of likely N-dealkylation sites (N-methyl/N-ethyl adjacent to an activating group) is 1. The molecular weight excluding hydrogens is 530 g/mol. The third-order valence-electron chi connectivity index (χ3n) is 6.94. The zero-order valence-corrected chi connectivity index (χ0v) is 22.8. The molecule has 0 saturated carbocycles. The van der Waals surface area contributed by atoms with E-state index in [1.165, 1.54) is 6.07 Å². The summed E-state index contributed by atoms with van der Waals surface area (Å²) >= 11 is 12.2. The van der Waals surface area contributed by atoms with Crippen molar-refractivity contribution in [3.05, 3.63) is 64.2 Å². The highest BCUT2D eigenvalue weighted by molar-refractivity contribution is 6.35. The van der Waals surface area contributed by atoms with E-state index in [2.05, 4.69) is 25.1 Å². The van der Waals surface area contributed by atoms with Crippen LogP contribution in [0.5, 0.6) is 0 Å². The highest BCUT2D eigenvalue weighted by Gasteiger charge is 2.27. The lowest BCUT2D eigenvalue weighted by Crippen LogP contribution is -2.37. The Balaban J connectivity index is 1.49. The molecule has 2 saturated heterocycles. The summed E-state index contributed by atoms with van der Waals surface area (Å²) in [5, 5.41) is 3.67. The van der Waals surface area contributed by atoms with Gasteiger partial charge in [-0.15, -0.1) is 0 Å². The second kappa shape index (κ2) is 11.4. The number of nitrogens with one attached hydrogen (secondary N) is 1. The van der Waals surface area contributed by atoms with Crippen LogP contribution in [0.25, 0.3) is 11.1 Å². The molecule has 1 atom stereocenters. The summed E-state index contributed by atoms with van der Waals surface area (Å²) in [7, 11) is 4.06. The maximum Gasteiger partial charge on any atom is 0.255 e. The number of halogens is 3. The average molecular weight is 559 g/mol. The van der Waals surface area contributed by atoms with E-state index in [1.54, 1.807) is 36.7 Å². The number of anilines is 3. The summed E-state index contributed by atoms with van der Waals surface area (Å²) in [6.45, 7) is 4.10. The third kappa shape index (κ3) is 5.86. The Kier molecular flexibility index (Phi) is 7.99. The number of nitrogens with zero attached hydrogens (tertiary/aromatic N) is 5. The number of hydrogen-bond acceptors (Lipinski definition) is 7. The fourth-order valence-electron chi connectivity index (χ4n) is 4.79. The highest BCUT2D eigenvalue weighted by atomic mass is 35.5. The van der Waals surface area contributed by atoms with Crippen molar-refractivity contribution >= 4 is 46.4 Å². The van der Waals surface area contributed by atoms with Crippen LogP contribution < -0.4 is 15.1 Å². The minimum Gasteiger partial charge on any atom is -0.378 e. The SMILES string of the molecule is CN(C)C1CCN(c2cc(F)c(-c3cnc(N4CCOCC4)nc3)cc2NC(=O)c2cc(Cl)cc(Cl)c2)C1. The fraction of sp³-hybridized carbons (Fsp3) is 0.370. The van der Waals surface area contributed by atoms with Gasteiger partial charge >= 0.3 is 0 Å². The summed E-state index contributed by atoms with van der Waals surface area (Å²) in [6, 6.07) is 8.10. The molecule has 2 aliphatic rings. The molecule has 2 aliphatic heterocycles. The number of morpholine rings is 1. The lowest BCUT2D eigenvalue weighted by atomic mass is 10.1. The smallest absolute Gasteiger partial charge is 0.255 e. The third-order valence-corrected chi connectivity index (χ3v) is 7.37. The molecule has 1 unspecified atom stereocenters. The minimum absolute atomic E-state index is 0.296. The fourth-order valence-corrected chi connectivity index (χ4v) is 5.32. The molecule has 5 rings (SSSR count). The molecule has 0 radical (unpaired) electrons. The van der Waals surface area contributed by atoms with Gasteiger partial charge in [0.25, 0.3) is 5.91 Å². The van der Waals surface area contributed by atoms with Gasteiger partial charge in [-0.25, -0.2) is 14.4 Å². The molecule has 1 aromatic heterocycles. The summed E-state index contributed by atoms with van der Waals surface area (Å²) in [5.74, 6) is -0.234. The predicted molar refractivity (Wildman–Crippen MR) is 149 cm³/mol. The first-order chi connectivity index (χ1) is 18.3.